The van der Waals surface area contributed by atoms with E-state index in [1.54, 1.807) is 24.1 Å². The third-order valence-electron chi connectivity index (χ3n) is 3.11. The number of nitrogens with one attached hydrogen (secondary N) is 1. The van der Waals surface area contributed by atoms with Crippen molar-refractivity contribution in [2.45, 2.75) is 6.61 Å². The van der Waals surface area contributed by atoms with Crippen molar-refractivity contribution in [3.05, 3.63) is 52.4 Å². The van der Waals surface area contributed by atoms with Gasteiger partial charge in [-0.05, 0) is 43.4 Å². The van der Waals surface area contributed by atoms with Crippen molar-refractivity contribution >= 4 is 34.2 Å². The van der Waals surface area contributed by atoms with E-state index in [1.807, 2.05) is 31.3 Å². The Morgan fingerprint density at radius 3 is 2.61 bits per heavy atom. The Balaban J connectivity index is 0.00000264. The van der Waals surface area contributed by atoms with Gasteiger partial charge in [0.1, 0.15) is 18.1 Å². The van der Waals surface area contributed by atoms with E-state index >= 15 is 0 Å². The van der Waals surface area contributed by atoms with E-state index in [2.05, 4.69) is 21.2 Å². The number of amides is 1. The summed E-state index contributed by atoms with van der Waals surface area (Å²) in [6.45, 7) is 1.65. The summed E-state index contributed by atoms with van der Waals surface area (Å²) in [5.74, 6) is 1.56. The van der Waals surface area contributed by atoms with Crippen LogP contribution in [0, 0.1) is 0 Å². The van der Waals surface area contributed by atoms with Crippen LogP contribution in [0.3, 0.4) is 0 Å². The third kappa shape index (κ3) is 5.89. The van der Waals surface area contributed by atoms with Crippen molar-refractivity contribution < 1.29 is 13.9 Å². The maximum Gasteiger partial charge on any atom is 0.289 e. The van der Waals surface area contributed by atoms with Crippen LogP contribution in [0.25, 0.3) is 0 Å². The lowest BCUT2D eigenvalue weighted by Crippen LogP contribution is -2.32. The number of rotatable bonds is 7. The maximum atomic E-state index is 12.1. The first-order chi connectivity index (χ1) is 10.6. The van der Waals surface area contributed by atoms with Crippen molar-refractivity contribution in [1.29, 1.82) is 0 Å². The van der Waals surface area contributed by atoms with Crippen LogP contribution in [-0.4, -0.2) is 38.0 Å². The van der Waals surface area contributed by atoms with Gasteiger partial charge in [0.15, 0.2) is 5.76 Å². The summed E-state index contributed by atoms with van der Waals surface area (Å²) in [6.07, 6.45) is 0. The highest BCUT2D eigenvalue weighted by Crippen LogP contribution is 2.18. The molecule has 2 aromatic rings. The van der Waals surface area contributed by atoms with E-state index in [4.69, 9.17) is 9.15 Å². The number of likely N-dealkylation sites (N-methyl/N-ethyl adjacent to an activating group) is 2. The average Bonchev–Trinajstić information content (AvgIpc) is 3.00. The predicted molar refractivity (Wildman–Crippen MR) is 95.3 cm³/mol. The molecule has 1 amide bonds. The molecule has 0 saturated carbocycles. The van der Waals surface area contributed by atoms with Crippen molar-refractivity contribution in [2.75, 3.05) is 27.2 Å². The van der Waals surface area contributed by atoms with Gasteiger partial charge in [-0.3, -0.25) is 4.79 Å². The monoisotopic (exact) mass is 402 g/mol. The zero-order valence-electron chi connectivity index (χ0n) is 13.0. The quantitative estimate of drug-likeness (QED) is 0.770. The Kier molecular flexibility index (Phi) is 8.16. The molecule has 0 aliphatic carbocycles. The number of hydrogen-bond donors (Lipinski definition) is 1. The van der Waals surface area contributed by atoms with Gasteiger partial charge in [0.05, 0.1) is 0 Å². The van der Waals surface area contributed by atoms with Gasteiger partial charge in [-0.1, -0.05) is 15.9 Å². The Labute approximate surface area is 150 Å². The van der Waals surface area contributed by atoms with Crippen LogP contribution in [0.4, 0.5) is 0 Å². The molecule has 2 rings (SSSR count). The molecule has 0 fully saturated rings. The minimum absolute atomic E-state index is 0. The molecule has 0 radical (unpaired) electrons. The first-order valence-corrected chi connectivity index (χ1v) is 7.76. The van der Waals surface area contributed by atoms with E-state index in [-0.39, 0.29) is 24.9 Å². The van der Waals surface area contributed by atoms with Gasteiger partial charge in [-0.15, -0.1) is 12.4 Å². The van der Waals surface area contributed by atoms with Gasteiger partial charge in [-0.2, -0.15) is 0 Å². The lowest BCUT2D eigenvalue weighted by Gasteiger charge is -2.15. The summed E-state index contributed by atoms with van der Waals surface area (Å²) in [5, 5.41) is 3.00. The van der Waals surface area contributed by atoms with Gasteiger partial charge < -0.3 is 19.4 Å². The number of halogens is 2. The number of nitrogens with zero attached hydrogens (tertiary/aromatic N) is 1. The molecule has 0 aliphatic heterocycles. The van der Waals surface area contributed by atoms with Gasteiger partial charge in [0.2, 0.25) is 0 Å². The molecular weight excluding hydrogens is 384 g/mol. The molecule has 0 spiro atoms. The third-order valence-corrected chi connectivity index (χ3v) is 3.64. The summed E-state index contributed by atoms with van der Waals surface area (Å²) < 4.78 is 12.2. The molecule has 1 aromatic heterocycles. The molecule has 126 valence electrons. The van der Waals surface area contributed by atoms with E-state index in [0.29, 0.717) is 18.1 Å². The molecule has 1 aromatic carbocycles. The minimum Gasteiger partial charge on any atom is -0.486 e. The number of hydrogen-bond acceptors (Lipinski definition) is 4. The lowest BCUT2D eigenvalue weighted by atomic mass is 10.3. The molecule has 7 heteroatoms. The highest BCUT2D eigenvalue weighted by molar-refractivity contribution is 9.10. The van der Waals surface area contributed by atoms with Crippen LogP contribution < -0.4 is 10.1 Å². The molecule has 5 nitrogen and oxygen atoms in total. The second-order valence-electron chi connectivity index (χ2n) is 4.84. The summed E-state index contributed by atoms with van der Waals surface area (Å²) >= 11 is 3.37. The zero-order chi connectivity index (χ0) is 15.9. The molecule has 0 aliphatic rings. The second-order valence-corrected chi connectivity index (χ2v) is 5.75. The van der Waals surface area contributed by atoms with Gasteiger partial charge in [0.25, 0.3) is 5.91 Å². The Hall–Kier alpha value is -1.50. The molecule has 23 heavy (non-hydrogen) atoms. The van der Waals surface area contributed by atoms with Crippen LogP contribution >= 0.6 is 28.3 Å². The molecule has 1 N–H and O–H groups in total. The predicted octanol–water partition coefficient (Wildman–Crippen LogP) is 3.33. The Bertz CT molecular complexity index is 616. The van der Waals surface area contributed by atoms with Gasteiger partial charge >= 0.3 is 0 Å². The minimum atomic E-state index is -0.134. The topological polar surface area (TPSA) is 54.7 Å². The lowest BCUT2D eigenvalue weighted by molar-refractivity contribution is 0.0761. The molecular formula is C16H20BrClN2O3. The summed E-state index contributed by atoms with van der Waals surface area (Å²) in [6, 6.07) is 11.0. The normalized spacial score (nSPS) is 10.0. The van der Waals surface area contributed by atoms with E-state index < -0.39 is 0 Å². The number of carbonyl (C=O) groups is 1. The summed E-state index contributed by atoms with van der Waals surface area (Å²) in [5.41, 5.74) is 0. The number of benzene rings is 1. The van der Waals surface area contributed by atoms with E-state index in [9.17, 15) is 4.79 Å². The van der Waals surface area contributed by atoms with Crippen LogP contribution in [0.15, 0.2) is 45.3 Å². The SMILES string of the molecule is CNCCN(C)C(=O)c1ccc(COc2ccc(Br)cc2)o1.Cl. The molecule has 1 heterocycles. The van der Waals surface area contributed by atoms with Gasteiger partial charge in [-0.25, -0.2) is 0 Å². The maximum absolute atomic E-state index is 12.1. The Morgan fingerprint density at radius 2 is 1.96 bits per heavy atom. The fourth-order valence-electron chi connectivity index (χ4n) is 1.82. The number of ether oxygens (including phenoxy) is 1. The summed E-state index contributed by atoms with van der Waals surface area (Å²) in [7, 11) is 3.60. The molecule has 0 bridgehead atoms. The van der Waals surface area contributed by atoms with E-state index in [0.717, 1.165) is 16.8 Å². The highest BCUT2D eigenvalue weighted by atomic mass is 79.9. The molecule has 0 saturated heterocycles. The van der Waals surface area contributed by atoms with Gasteiger partial charge in [0, 0.05) is 24.6 Å². The van der Waals surface area contributed by atoms with E-state index in [1.165, 1.54) is 0 Å². The van der Waals surface area contributed by atoms with Crippen molar-refractivity contribution in [3.8, 4) is 5.75 Å². The first kappa shape index (κ1) is 19.5. The first-order valence-electron chi connectivity index (χ1n) is 6.97. The smallest absolute Gasteiger partial charge is 0.289 e. The molecule has 0 unspecified atom stereocenters. The fraction of sp³-hybridized carbons (Fsp3) is 0.312. The standard InChI is InChI=1S/C16H19BrN2O3.ClH/c1-18-9-10-19(2)16(20)15-8-7-14(22-15)11-21-13-5-3-12(17)4-6-13;/h3-8,18H,9-11H2,1-2H3;1H. The average molecular weight is 404 g/mol. The van der Waals surface area contributed by atoms with Crippen molar-refractivity contribution in [2.24, 2.45) is 0 Å². The fourth-order valence-corrected chi connectivity index (χ4v) is 2.09. The molecule has 0 atom stereocenters. The number of carbonyl (C=O) groups excluding carboxylic acids is 1. The highest BCUT2D eigenvalue weighted by Gasteiger charge is 2.15. The van der Waals surface area contributed by atoms with Crippen LogP contribution in [0.1, 0.15) is 16.3 Å². The van der Waals surface area contributed by atoms with Crippen LogP contribution in [0.2, 0.25) is 0 Å². The zero-order valence-corrected chi connectivity index (χ0v) is 15.4. The Morgan fingerprint density at radius 1 is 1.26 bits per heavy atom. The summed E-state index contributed by atoms with van der Waals surface area (Å²) in [4.78, 5) is 13.8. The van der Waals surface area contributed by atoms with Crippen molar-refractivity contribution in [1.82, 2.24) is 10.2 Å². The second kappa shape index (κ2) is 9.60. The van der Waals surface area contributed by atoms with Crippen molar-refractivity contribution in [3.63, 3.8) is 0 Å². The largest absolute Gasteiger partial charge is 0.486 e. The van der Waals surface area contributed by atoms with Crippen LogP contribution in [0.5, 0.6) is 5.75 Å². The number of furan rings is 1. The van der Waals surface area contributed by atoms with Crippen LogP contribution in [-0.2, 0) is 6.61 Å².